The first-order chi connectivity index (χ1) is 8.36. The molecule has 1 spiro atoms. The van der Waals surface area contributed by atoms with Crippen LogP contribution >= 0.6 is 11.8 Å². The maximum absolute atomic E-state index is 5.44. The lowest BCUT2D eigenvalue weighted by Gasteiger charge is -2.32. The summed E-state index contributed by atoms with van der Waals surface area (Å²) >= 11 is 1.91. The largest absolute Gasteiger partial charge is 0.381 e. The van der Waals surface area contributed by atoms with Crippen molar-refractivity contribution in [1.82, 2.24) is 5.32 Å². The normalized spacial score (nSPS) is 31.2. The van der Waals surface area contributed by atoms with E-state index in [0.29, 0.717) is 5.54 Å². The lowest BCUT2D eigenvalue weighted by molar-refractivity contribution is 0.0555. The van der Waals surface area contributed by atoms with Gasteiger partial charge in [0.05, 0.1) is 5.54 Å². The van der Waals surface area contributed by atoms with E-state index >= 15 is 0 Å². The molecule has 0 atom stereocenters. The Kier molecular flexibility index (Phi) is 3.61. The maximum atomic E-state index is 5.44. The van der Waals surface area contributed by atoms with Crippen LogP contribution in [0.1, 0.15) is 38.5 Å². The number of nitrogens with one attached hydrogen (secondary N) is 1. The third-order valence-corrected chi connectivity index (χ3v) is 5.48. The first-order valence-corrected chi connectivity index (χ1v) is 7.88. The van der Waals surface area contributed by atoms with Gasteiger partial charge in [0.25, 0.3) is 0 Å². The number of thioether (sulfide) groups is 1. The van der Waals surface area contributed by atoms with Crippen LogP contribution in [0.3, 0.4) is 0 Å². The number of aliphatic imine (C=N–C) groups is 1. The minimum Gasteiger partial charge on any atom is -0.381 e. The van der Waals surface area contributed by atoms with Crippen LogP contribution in [0, 0.1) is 5.92 Å². The van der Waals surface area contributed by atoms with E-state index in [4.69, 9.17) is 9.73 Å². The lowest BCUT2D eigenvalue weighted by Crippen LogP contribution is -2.48. The minimum absolute atomic E-state index is 0.303. The van der Waals surface area contributed by atoms with Gasteiger partial charge in [-0.1, -0.05) is 24.6 Å². The molecule has 1 N–H and O–H groups in total. The zero-order valence-electron chi connectivity index (χ0n) is 10.4. The van der Waals surface area contributed by atoms with Gasteiger partial charge in [-0.2, -0.15) is 0 Å². The van der Waals surface area contributed by atoms with Gasteiger partial charge < -0.3 is 10.1 Å². The van der Waals surface area contributed by atoms with Crippen LogP contribution in [-0.2, 0) is 4.74 Å². The van der Waals surface area contributed by atoms with Gasteiger partial charge >= 0.3 is 0 Å². The summed E-state index contributed by atoms with van der Waals surface area (Å²) in [6.45, 7) is 2.86. The van der Waals surface area contributed by atoms with Crippen LogP contribution in [0.5, 0.6) is 0 Å². The second-order valence-corrected chi connectivity index (χ2v) is 6.57. The molecule has 17 heavy (non-hydrogen) atoms. The SMILES string of the molecule is C1CCC(CN=C2NC3(CCOCC3)CS2)C1. The molecule has 0 radical (unpaired) electrons. The summed E-state index contributed by atoms with van der Waals surface area (Å²) in [5.74, 6) is 2.04. The van der Waals surface area contributed by atoms with Crippen molar-refractivity contribution < 1.29 is 4.74 Å². The Hall–Kier alpha value is -0.220. The highest BCUT2D eigenvalue weighted by atomic mass is 32.2. The fraction of sp³-hybridized carbons (Fsp3) is 0.923. The zero-order valence-corrected chi connectivity index (χ0v) is 11.2. The first kappa shape index (κ1) is 11.8. The fourth-order valence-electron chi connectivity index (χ4n) is 3.03. The summed E-state index contributed by atoms with van der Waals surface area (Å²) in [6, 6.07) is 0. The van der Waals surface area contributed by atoms with E-state index in [0.717, 1.165) is 38.5 Å². The monoisotopic (exact) mass is 254 g/mol. The molecule has 2 heterocycles. The quantitative estimate of drug-likeness (QED) is 0.821. The van der Waals surface area contributed by atoms with Crippen LogP contribution < -0.4 is 5.32 Å². The molecule has 0 aromatic carbocycles. The van der Waals surface area contributed by atoms with Gasteiger partial charge in [0, 0.05) is 25.5 Å². The molecule has 0 aromatic rings. The second kappa shape index (κ2) is 5.19. The Morgan fingerprint density at radius 2 is 2.06 bits per heavy atom. The summed E-state index contributed by atoms with van der Waals surface area (Å²) in [6.07, 6.45) is 7.89. The molecule has 3 nitrogen and oxygen atoms in total. The van der Waals surface area contributed by atoms with Gasteiger partial charge in [-0.3, -0.25) is 4.99 Å². The van der Waals surface area contributed by atoms with E-state index in [-0.39, 0.29) is 0 Å². The van der Waals surface area contributed by atoms with Gasteiger partial charge in [0.2, 0.25) is 0 Å². The molecule has 0 amide bonds. The number of nitrogens with zero attached hydrogens (tertiary/aromatic N) is 1. The average Bonchev–Trinajstić information content (AvgIpc) is 2.98. The molecule has 1 saturated carbocycles. The molecule has 0 bridgehead atoms. The molecular weight excluding hydrogens is 232 g/mol. The maximum Gasteiger partial charge on any atom is 0.157 e. The number of rotatable bonds is 2. The fourth-order valence-corrected chi connectivity index (χ4v) is 4.26. The molecule has 3 fully saturated rings. The van der Waals surface area contributed by atoms with Crippen LogP contribution in [0.4, 0.5) is 0 Å². The van der Waals surface area contributed by atoms with Crippen molar-refractivity contribution in [2.24, 2.45) is 10.9 Å². The van der Waals surface area contributed by atoms with Crippen molar-refractivity contribution >= 4 is 16.9 Å². The highest BCUT2D eigenvalue weighted by Gasteiger charge is 2.38. The predicted molar refractivity (Wildman–Crippen MR) is 72.6 cm³/mol. The molecule has 2 aliphatic heterocycles. The number of amidine groups is 1. The highest BCUT2D eigenvalue weighted by molar-refractivity contribution is 8.14. The van der Waals surface area contributed by atoms with Crippen LogP contribution in [0.25, 0.3) is 0 Å². The first-order valence-electron chi connectivity index (χ1n) is 6.90. The Bertz CT molecular complexity index is 294. The highest BCUT2D eigenvalue weighted by Crippen LogP contribution is 2.32. The van der Waals surface area contributed by atoms with Crippen molar-refractivity contribution in [3.63, 3.8) is 0 Å². The summed E-state index contributed by atoms with van der Waals surface area (Å²) in [4.78, 5) is 4.78. The Morgan fingerprint density at radius 1 is 1.29 bits per heavy atom. The van der Waals surface area contributed by atoms with Crippen molar-refractivity contribution in [1.29, 1.82) is 0 Å². The van der Waals surface area contributed by atoms with Crippen LogP contribution in [-0.4, -0.2) is 36.2 Å². The molecule has 4 heteroatoms. The molecule has 96 valence electrons. The molecule has 3 rings (SSSR count). The van der Waals surface area contributed by atoms with Crippen molar-refractivity contribution in [2.45, 2.75) is 44.1 Å². The molecule has 1 aliphatic carbocycles. The standard InChI is InChI=1S/C13H22N2OS/c1-2-4-11(3-1)9-14-12-15-13(10-17-12)5-7-16-8-6-13/h11H,1-10H2,(H,14,15). The number of hydrogen-bond donors (Lipinski definition) is 1. The molecule has 0 unspecified atom stereocenters. The van der Waals surface area contributed by atoms with E-state index in [1.165, 1.54) is 36.6 Å². The van der Waals surface area contributed by atoms with Crippen molar-refractivity contribution in [2.75, 3.05) is 25.5 Å². The average molecular weight is 254 g/mol. The van der Waals surface area contributed by atoms with Gasteiger partial charge in [-0.05, 0) is 31.6 Å². The van der Waals surface area contributed by atoms with Crippen molar-refractivity contribution in [3.05, 3.63) is 0 Å². The zero-order chi connectivity index (χ0) is 11.6. The predicted octanol–water partition coefficient (Wildman–Crippen LogP) is 2.42. The topological polar surface area (TPSA) is 33.6 Å². The minimum atomic E-state index is 0.303. The summed E-state index contributed by atoms with van der Waals surface area (Å²) in [7, 11) is 0. The molecule has 3 aliphatic rings. The van der Waals surface area contributed by atoms with E-state index < -0.39 is 0 Å². The summed E-state index contributed by atoms with van der Waals surface area (Å²) < 4.78 is 5.44. The third kappa shape index (κ3) is 2.79. The third-order valence-electron chi connectivity index (χ3n) is 4.28. The molecular formula is C13H22N2OS. The van der Waals surface area contributed by atoms with Crippen molar-refractivity contribution in [3.8, 4) is 0 Å². The number of hydrogen-bond acceptors (Lipinski definition) is 3. The van der Waals surface area contributed by atoms with Gasteiger partial charge in [0.15, 0.2) is 5.17 Å². The van der Waals surface area contributed by atoms with E-state index in [1.807, 2.05) is 11.8 Å². The van der Waals surface area contributed by atoms with Gasteiger partial charge in [-0.15, -0.1) is 0 Å². The summed E-state index contributed by atoms with van der Waals surface area (Å²) in [5.41, 5.74) is 0.303. The van der Waals surface area contributed by atoms with E-state index in [9.17, 15) is 0 Å². The lowest BCUT2D eigenvalue weighted by atomic mass is 9.93. The van der Waals surface area contributed by atoms with Crippen LogP contribution in [0.2, 0.25) is 0 Å². The Balaban J connectivity index is 1.53. The smallest absolute Gasteiger partial charge is 0.157 e. The van der Waals surface area contributed by atoms with Crippen LogP contribution in [0.15, 0.2) is 4.99 Å². The van der Waals surface area contributed by atoms with E-state index in [2.05, 4.69) is 5.32 Å². The van der Waals surface area contributed by atoms with E-state index in [1.54, 1.807) is 0 Å². The Labute approximate surface area is 108 Å². The molecule has 0 aromatic heterocycles. The Morgan fingerprint density at radius 3 is 2.82 bits per heavy atom. The molecule has 2 saturated heterocycles. The number of ether oxygens (including phenoxy) is 1. The van der Waals surface area contributed by atoms with Gasteiger partial charge in [0.1, 0.15) is 0 Å². The van der Waals surface area contributed by atoms with Gasteiger partial charge in [-0.25, -0.2) is 0 Å². The summed E-state index contributed by atoms with van der Waals surface area (Å²) in [5, 5.41) is 4.86. The second-order valence-electron chi connectivity index (χ2n) is 5.60.